The Labute approximate surface area is 160 Å². The fourth-order valence-electron chi connectivity index (χ4n) is 3.76. The molecule has 1 aromatic rings. The third kappa shape index (κ3) is 4.81. The lowest BCUT2D eigenvalue weighted by Crippen LogP contribution is -2.45. The number of carbonyl (C=O) groups is 2. The van der Waals surface area contributed by atoms with Crippen LogP contribution < -0.4 is 15.4 Å². The van der Waals surface area contributed by atoms with Gasteiger partial charge in [0.1, 0.15) is 11.9 Å². The van der Waals surface area contributed by atoms with E-state index in [1.807, 2.05) is 24.3 Å². The molecule has 1 saturated carbocycles. The number of allylic oxidation sites excluding steroid dienone is 1. The summed E-state index contributed by atoms with van der Waals surface area (Å²) in [4.78, 5) is 25.0. The van der Waals surface area contributed by atoms with Crippen LogP contribution in [-0.4, -0.2) is 25.2 Å². The molecule has 2 amide bonds. The minimum atomic E-state index is -0.536. The van der Waals surface area contributed by atoms with Crippen LogP contribution in [0.5, 0.6) is 5.75 Å². The molecule has 1 aromatic carbocycles. The SMILES string of the molecule is COc1ccc([C@@H]2NC(=O)NC(C)=C2C(=O)OC2CCCCCCC2)cc1. The Kier molecular flexibility index (Phi) is 6.37. The number of esters is 1. The number of rotatable bonds is 4. The van der Waals surface area contributed by atoms with E-state index in [0.29, 0.717) is 11.3 Å². The highest BCUT2D eigenvalue weighted by Crippen LogP contribution is 2.30. The van der Waals surface area contributed by atoms with E-state index in [0.717, 1.165) is 37.0 Å². The average Bonchev–Trinajstić information content (AvgIpc) is 2.63. The van der Waals surface area contributed by atoms with Crippen molar-refractivity contribution in [1.29, 1.82) is 0 Å². The van der Waals surface area contributed by atoms with Crippen molar-refractivity contribution in [1.82, 2.24) is 10.6 Å². The molecule has 1 aliphatic heterocycles. The summed E-state index contributed by atoms with van der Waals surface area (Å²) in [6.07, 6.45) is 7.60. The van der Waals surface area contributed by atoms with Gasteiger partial charge in [-0.2, -0.15) is 0 Å². The highest BCUT2D eigenvalue weighted by atomic mass is 16.5. The molecule has 0 bridgehead atoms. The quantitative estimate of drug-likeness (QED) is 0.784. The van der Waals surface area contributed by atoms with Gasteiger partial charge >= 0.3 is 12.0 Å². The number of hydrogen-bond acceptors (Lipinski definition) is 4. The van der Waals surface area contributed by atoms with Gasteiger partial charge in [-0.05, 0) is 50.3 Å². The molecule has 146 valence electrons. The first-order valence-electron chi connectivity index (χ1n) is 9.71. The molecule has 27 heavy (non-hydrogen) atoms. The second kappa shape index (κ2) is 8.93. The Hall–Kier alpha value is -2.50. The largest absolute Gasteiger partial charge is 0.497 e. The van der Waals surface area contributed by atoms with Gasteiger partial charge in [0.15, 0.2) is 0 Å². The molecule has 0 aromatic heterocycles. The number of benzene rings is 1. The second-order valence-corrected chi connectivity index (χ2v) is 7.22. The molecule has 1 atom stereocenters. The Morgan fingerprint density at radius 1 is 1.04 bits per heavy atom. The first-order chi connectivity index (χ1) is 13.1. The fraction of sp³-hybridized carbons (Fsp3) is 0.524. The molecule has 2 aliphatic rings. The van der Waals surface area contributed by atoms with Crippen LogP contribution in [0.15, 0.2) is 35.5 Å². The average molecular weight is 372 g/mol. The molecule has 1 aliphatic carbocycles. The van der Waals surface area contributed by atoms with Crippen molar-refractivity contribution >= 4 is 12.0 Å². The van der Waals surface area contributed by atoms with E-state index < -0.39 is 6.04 Å². The molecular weight excluding hydrogens is 344 g/mol. The predicted molar refractivity (Wildman–Crippen MR) is 102 cm³/mol. The summed E-state index contributed by atoms with van der Waals surface area (Å²) in [5.74, 6) is 0.366. The number of ether oxygens (including phenoxy) is 2. The van der Waals surface area contributed by atoms with Gasteiger partial charge in [0.2, 0.25) is 0 Å². The number of methoxy groups -OCH3 is 1. The van der Waals surface area contributed by atoms with E-state index in [-0.39, 0.29) is 18.1 Å². The van der Waals surface area contributed by atoms with Crippen LogP contribution in [0.1, 0.15) is 63.5 Å². The van der Waals surface area contributed by atoms with Crippen LogP contribution in [0.3, 0.4) is 0 Å². The van der Waals surface area contributed by atoms with Crippen LogP contribution in [0.25, 0.3) is 0 Å². The predicted octanol–water partition coefficient (Wildman–Crippen LogP) is 3.98. The second-order valence-electron chi connectivity index (χ2n) is 7.22. The third-order valence-corrected chi connectivity index (χ3v) is 5.26. The Morgan fingerprint density at radius 2 is 1.67 bits per heavy atom. The van der Waals surface area contributed by atoms with E-state index in [9.17, 15) is 9.59 Å². The molecule has 1 heterocycles. The molecule has 0 unspecified atom stereocenters. The maximum Gasteiger partial charge on any atom is 0.338 e. The van der Waals surface area contributed by atoms with Gasteiger partial charge in [-0.3, -0.25) is 0 Å². The molecule has 3 rings (SSSR count). The summed E-state index contributed by atoms with van der Waals surface area (Å²) < 4.78 is 11.0. The number of urea groups is 1. The van der Waals surface area contributed by atoms with Crippen LogP contribution >= 0.6 is 0 Å². The molecule has 0 radical (unpaired) electrons. The van der Waals surface area contributed by atoms with Crippen LogP contribution in [-0.2, 0) is 9.53 Å². The zero-order valence-electron chi connectivity index (χ0n) is 16.0. The van der Waals surface area contributed by atoms with Crippen molar-refractivity contribution in [2.24, 2.45) is 0 Å². The summed E-state index contributed by atoms with van der Waals surface area (Å²) in [5, 5.41) is 5.54. The molecule has 0 spiro atoms. The minimum absolute atomic E-state index is 0.0488. The van der Waals surface area contributed by atoms with Crippen molar-refractivity contribution < 1.29 is 19.1 Å². The summed E-state index contributed by atoms with van der Waals surface area (Å²) in [7, 11) is 1.60. The number of nitrogens with one attached hydrogen (secondary N) is 2. The summed E-state index contributed by atoms with van der Waals surface area (Å²) in [6.45, 7) is 1.74. The maximum absolute atomic E-state index is 13.0. The van der Waals surface area contributed by atoms with Crippen LogP contribution in [0, 0.1) is 0 Å². The van der Waals surface area contributed by atoms with Gasteiger partial charge in [-0.1, -0.05) is 31.4 Å². The first kappa shape index (κ1) is 19.3. The lowest BCUT2D eigenvalue weighted by atomic mass is 9.95. The van der Waals surface area contributed by atoms with Crippen molar-refractivity contribution in [2.75, 3.05) is 7.11 Å². The van der Waals surface area contributed by atoms with E-state index >= 15 is 0 Å². The summed E-state index contributed by atoms with van der Waals surface area (Å²) in [6, 6.07) is 6.48. The highest BCUT2D eigenvalue weighted by molar-refractivity contribution is 5.95. The lowest BCUT2D eigenvalue weighted by Gasteiger charge is -2.29. The Bertz CT molecular complexity index is 703. The minimum Gasteiger partial charge on any atom is -0.497 e. The smallest absolute Gasteiger partial charge is 0.338 e. The molecule has 2 N–H and O–H groups in total. The molecule has 0 saturated heterocycles. The van der Waals surface area contributed by atoms with Gasteiger partial charge in [-0.25, -0.2) is 9.59 Å². The van der Waals surface area contributed by atoms with E-state index in [4.69, 9.17) is 9.47 Å². The van der Waals surface area contributed by atoms with Crippen molar-refractivity contribution in [3.8, 4) is 5.75 Å². The van der Waals surface area contributed by atoms with Gasteiger partial charge in [0.25, 0.3) is 0 Å². The Morgan fingerprint density at radius 3 is 2.30 bits per heavy atom. The monoisotopic (exact) mass is 372 g/mol. The van der Waals surface area contributed by atoms with E-state index in [1.54, 1.807) is 14.0 Å². The first-order valence-corrected chi connectivity index (χ1v) is 9.71. The molecule has 6 heteroatoms. The molecule has 6 nitrogen and oxygen atoms in total. The lowest BCUT2D eigenvalue weighted by molar-refractivity contribution is -0.145. The number of carbonyl (C=O) groups excluding carboxylic acids is 2. The van der Waals surface area contributed by atoms with Gasteiger partial charge < -0.3 is 20.1 Å². The van der Waals surface area contributed by atoms with Gasteiger partial charge in [0, 0.05) is 5.70 Å². The van der Waals surface area contributed by atoms with Crippen LogP contribution in [0.2, 0.25) is 0 Å². The van der Waals surface area contributed by atoms with Crippen molar-refractivity contribution in [3.05, 3.63) is 41.1 Å². The number of hydrogen-bond donors (Lipinski definition) is 2. The third-order valence-electron chi connectivity index (χ3n) is 5.26. The fourth-order valence-corrected chi connectivity index (χ4v) is 3.76. The summed E-state index contributed by atoms with van der Waals surface area (Å²) in [5.41, 5.74) is 1.81. The summed E-state index contributed by atoms with van der Waals surface area (Å²) >= 11 is 0. The van der Waals surface area contributed by atoms with Crippen LogP contribution in [0.4, 0.5) is 4.79 Å². The number of amides is 2. The molecular formula is C21H28N2O4. The van der Waals surface area contributed by atoms with E-state index in [2.05, 4.69) is 10.6 Å². The zero-order valence-corrected chi connectivity index (χ0v) is 16.0. The van der Waals surface area contributed by atoms with Gasteiger partial charge in [-0.15, -0.1) is 0 Å². The molecule has 1 fully saturated rings. The topological polar surface area (TPSA) is 76.7 Å². The Balaban J connectivity index is 1.80. The van der Waals surface area contributed by atoms with E-state index in [1.165, 1.54) is 19.3 Å². The van der Waals surface area contributed by atoms with Gasteiger partial charge in [0.05, 0.1) is 18.7 Å². The maximum atomic E-state index is 13.0. The van der Waals surface area contributed by atoms with Crippen molar-refractivity contribution in [2.45, 2.75) is 64.0 Å². The standard InChI is InChI=1S/C21H28N2O4/c1-14-18(20(24)27-17-8-6-4-3-5-7-9-17)19(23-21(25)22-14)15-10-12-16(26-2)13-11-15/h10-13,17,19H,3-9H2,1-2H3,(H2,22,23,25)/t19-/m0/s1. The van der Waals surface area contributed by atoms with Crippen molar-refractivity contribution in [3.63, 3.8) is 0 Å². The highest BCUT2D eigenvalue weighted by Gasteiger charge is 2.33. The zero-order chi connectivity index (χ0) is 19.2. The normalized spacial score (nSPS) is 21.6.